The van der Waals surface area contributed by atoms with Crippen molar-refractivity contribution < 1.29 is 4.79 Å². The summed E-state index contributed by atoms with van der Waals surface area (Å²) in [6.07, 6.45) is 5.54. The van der Waals surface area contributed by atoms with Crippen LogP contribution in [0.2, 0.25) is 5.02 Å². The van der Waals surface area contributed by atoms with Gasteiger partial charge in [0, 0.05) is 52.0 Å². The Hall–Kier alpha value is -2.91. The molecule has 2 aliphatic rings. The second kappa shape index (κ2) is 9.03. The zero-order chi connectivity index (χ0) is 23.9. The maximum Gasteiger partial charge on any atom is 0.230 e. The first-order valence-corrected chi connectivity index (χ1v) is 12.2. The number of fused-ring (bicyclic) bond motifs is 1. The molecule has 0 saturated carbocycles. The minimum atomic E-state index is -0.505. The van der Waals surface area contributed by atoms with E-state index in [9.17, 15) is 4.79 Å². The van der Waals surface area contributed by atoms with Gasteiger partial charge in [-0.15, -0.1) is 0 Å². The number of halogens is 1. The Kier molecular flexibility index (Phi) is 6.07. The Morgan fingerprint density at radius 2 is 1.94 bits per heavy atom. The van der Waals surface area contributed by atoms with E-state index >= 15 is 0 Å². The molecular weight excluding hydrogens is 452 g/mol. The van der Waals surface area contributed by atoms with Crippen LogP contribution in [0.5, 0.6) is 0 Å². The number of imidazole rings is 1. The Balaban J connectivity index is 1.31. The zero-order valence-electron chi connectivity index (χ0n) is 19.9. The quantitative estimate of drug-likeness (QED) is 0.577. The van der Waals surface area contributed by atoms with Gasteiger partial charge in [0.15, 0.2) is 5.82 Å². The number of nitrogens with zero attached hydrogens (tertiary/aromatic N) is 7. The summed E-state index contributed by atoms with van der Waals surface area (Å²) in [6, 6.07) is 5.93. The number of aromatic nitrogens is 4. The number of carbonyl (C=O) groups excluding carboxylic acids is 1. The standard InChI is InChI=1S/C24H31ClN8O/c1-4-33(24(2,3)19-14-27-20-7-5-6-10-32(19)20)22(34)17-15-31(16-17)21-18(25)13-28-23(29-21)30-11-8-26-9-12-30/h5-7,10,13-14,17,26H,4,8-9,11-12,15-16H2,1-3H3. The van der Waals surface area contributed by atoms with Gasteiger partial charge >= 0.3 is 0 Å². The number of amides is 1. The molecule has 3 aromatic rings. The van der Waals surface area contributed by atoms with Crippen LogP contribution in [0, 0.1) is 5.92 Å². The number of carbonyl (C=O) groups is 1. The third-order valence-corrected chi connectivity index (χ3v) is 7.21. The second-order valence-electron chi connectivity index (χ2n) is 9.39. The van der Waals surface area contributed by atoms with Crippen LogP contribution in [-0.2, 0) is 10.3 Å². The van der Waals surface area contributed by atoms with Gasteiger partial charge in [0.05, 0.1) is 29.5 Å². The first-order chi connectivity index (χ1) is 16.4. The number of hydrogen-bond donors (Lipinski definition) is 1. The van der Waals surface area contributed by atoms with Gasteiger partial charge in [-0.25, -0.2) is 9.97 Å². The summed E-state index contributed by atoms with van der Waals surface area (Å²) in [4.78, 5) is 33.5. The maximum absolute atomic E-state index is 13.6. The molecule has 0 atom stereocenters. The van der Waals surface area contributed by atoms with Crippen molar-refractivity contribution in [2.45, 2.75) is 26.3 Å². The number of pyridine rings is 1. The second-order valence-corrected chi connectivity index (χ2v) is 9.80. The topological polar surface area (TPSA) is 81.9 Å². The Morgan fingerprint density at radius 3 is 2.68 bits per heavy atom. The molecule has 5 rings (SSSR count). The molecule has 0 spiro atoms. The molecule has 0 unspecified atom stereocenters. The summed E-state index contributed by atoms with van der Waals surface area (Å²) in [6.45, 7) is 11.6. The normalized spacial score (nSPS) is 17.2. The highest BCUT2D eigenvalue weighted by atomic mass is 35.5. The first-order valence-electron chi connectivity index (χ1n) is 11.9. The van der Waals surface area contributed by atoms with Gasteiger partial charge in [-0.3, -0.25) is 4.79 Å². The average molecular weight is 483 g/mol. The number of anilines is 2. The van der Waals surface area contributed by atoms with E-state index in [4.69, 9.17) is 16.6 Å². The predicted octanol–water partition coefficient (Wildman–Crippen LogP) is 2.41. The lowest BCUT2D eigenvalue weighted by Gasteiger charge is -2.45. The third kappa shape index (κ3) is 3.96. The fraction of sp³-hybridized carbons (Fsp3) is 0.500. The first kappa shape index (κ1) is 22.9. The maximum atomic E-state index is 13.6. The van der Waals surface area contributed by atoms with E-state index in [1.54, 1.807) is 6.20 Å². The minimum Gasteiger partial charge on any atom is -0.353 e. The van der Waals surface area contributed by atoms with Crippen LogP contribution in [0.25, 0.3) is 5.65 Å². The molecule has 2 saturated heterocycles. The zero-order valence-corrected chi connectivity index (χ0v) is 20.7. The van der Waals surface area contributed by atoms with E-state index in [-0.39, 0.29) is 11.8 Å². The fourth-order valence-electron chi connectivity index (χ4n) is 4.97. The van der Waals surface area contributed by atoms with Crippen molar-refractivity contribution in [3.05, 3.63) is 47.5 Å². The molecule has 2 aliphatic heterocycles. The van der Waals surface area contributed by atoms with E-state index < -0.39 is 5.54 Å². The highest BCUT2D eigenvalue weighted by Crippen LogP contribution is 2.35. The number of rotatable bonds is 6. The summed E-state index contributed by atoms with van der Waals surface area (Å²) >= 11 is 6.45. The molecule has 0 aliphatic carbocycles. The third-order valence-electron chi connectivity index (χ3n) is 6.94. The van der Waals surface area contributed by atoms with E-state index in [0.29, 0.717) is 36.4 Å². The van der Waals surface area contributed by atoms with Gasteiger partial charge < -0.3 is 24.4 Å². The van der Waals surface area contributed by atoms with Gasteiger partial charge in [0.2, 0.25) is 11.9 Å². The van der Waals surface area contributed by atoms with Crippen molar-refractivity contribution in [2.75, 3.05) is 55.6 Å². The van der Waals surface area contributed by atoms with Crippen molar-refractivity contribution in [2.24, 2.45) is 5.92 Å². The van der Waals surface area contributed by atoms with Crippen molar-refractivity contribution in [1.82, 2.24) is 29.6 Å². The number of nitrogens with one attached hydrogen (secondary N) is 1. The summed E-state index contributed by atoms with van der Waals surface area (Å²) in [5, 5.41) is 3.86. The number of piperazine rings is 1. The summed E-state index contributed by atoms with van der Waals surface area (Å²) in [5.74, 6) is 1.44. The Bertz CT molecular complexity index is 1180. The van der Waals surface area contributed by atoms with Gasteiger partial charge in [0.1, 0.15) is 10.7 Å². The predicted molar refractivity (Wildman–Crippen MR) is 133 cm³/mol. The molecule has 1 N–H and O–H groups in total. The molecule has 10 heteroatoms. The van der Waals surface area contributed by atoms with E-state index in [0.717, 1.165) is 37.5 Å². The van der Waals surface area contributed by atoms with Gasteiger partial charge in [-0.05, 0) is 32.9 Å². The molecule has 2 fully saturated rings. The van der Waals surface area contributed by atoms with Crippen molar-refractivity contribution in [3.63, 3.8) is 0 Å². The minimum absolute atomic E-state index is 0.105. The van der Waals surface area contributed by atoms with E-state index in [2.05, 4.69) is 43.3 Å². The van der Waals surface area contributed by atoms with Crippen molar-refractivity contribution >= 4 is 34.9 Å². The lowest BCUT2D eigenvalue weighted by atomic mass is 9.92. The highest BCUT2D eigenvalue weighted by molar-refractivity contribution is 6.32. The molecule has 0 aromatic carbocycles. The lowest BCUT2D eigenvalue weighted by Crippen LogP contribution is -2.58. The van der Waals surface area contributed by atoms with Crippen LogP contribution < -0.4 is 15.1 Å². The van der Waals surface area contributed by atoms with Crippen molar-refractivity contribution in [3.8, 4) is 0 Å². The average Bonchev–Trinajstić information content (AvgIpc) is 3.25. The van der Waals surface area contributed by atoms with Crippen LogP contribution >= 0.6 is 11.6 Å². The van der Waals surface area contributed by atoms with Crippen LogP contribution in [0.1, 0.15) is 26.5 Å². The molecule has 180 valence electrons. The Morgan fingerprint density at radius 1 is 1.18 bits per heavy atom. The van der Waals surface area contributed by atoms with Crippen molar-refractivity contribution in [1.29, 1.82) is 0 Å². The van der Waals surface area contributed by atoms with Crippen LogP contribution in [-0.4, -0.2) is 76.0 Å². The number of hydrogen-bond acceptors (Lipinski definition) is 7. The van der Waals surface area contributed by atoms with Gasteiger partial charge in [0.25, 0.3) is 0 Å². The van der Waals surface area contributed by atoms with Crippen LogP contribution in [0.15, 0.2) is 36.8 Å². The van der Waals surface area contributed by atoms with Crippen LogP contribution in [0.4, 0.5) is 11.8 Å². The summed E-state index contributed by atoms with van der Waals surface area (Å²) in [5.41, 5.74) is 1.37. The smallest absolute Gasteiger partial charge is 0.230 e. The van der Waals surface area contributed by atoms with Gasteiger partial charge in [-0.2, -0.15) is 4.98 Å². The largest absolute Gasteiger partial charge is 0.353 e. The summed E-state index contributed by atoms with van der Waals surface area (Å²) in [7, 11) is 0. The molecule has 1 amide bonds. The fourth-order valence-corrected chi connectivity index (χ4v) is 5.18. The molecule has 0 radical (unpaired) electrons. The van der Waals surface area contributed by atoms with E-state index in [1.807, 2.05) is 42.4 Å². The van der Waals surface area contributed by atoms with Gasteiger partial charge in [-0.1, -0.05) is 17.7 Å². The SMILES string of the molecule is CCN(C(=O)C1CN(c2nc(N3CCNCC3)ncc2Cl)C1)C(C)(C)c1cnc2ccccn12. The molecule has 5 heterocycles. The molecule has 34 heavy (non-hydrogen) atoms. The molecule has 9 nitrogen and oxygen atoms in total. The Labute approximate surface area is 204 Å². The highest BCUT2D eigenvalue weighted by Gasteiger charge is 2.42. The van der Waals surface area contributed by atoms with E-state index in [1.165, 1.54) is 0 Å². The molecule has 0 bridgehead atoms. The monoisotopic (exact) mass is 482 g/mol. The lowest BCUT2D eigenvalue weighted by molar-refractivity contribution is -0.142. The van der Waals surface area contributed by atoms with Crippen LogP contribution in [0.3, 0.4) is 0 Å². The molecular formula is C24H31ClN8O. The molecule has 3 aromatic heterocycles. The summed E-state index contributed by atoms with van der Waals surface area (Å²) < 4.78 is 2.06.